The summed E-state index contributed by atoms with van der Waals surface area (Å²) in [5, 5.41) is 6.58. The van der Waals surface area contributed by atoms with Crippen LogP contribution in [-0.2, 0) is 7.05 Å². The Kier molecular flexibility index (Phi) is 4.83. The van der Waals surface area contributed by atoms with Gasteiger partial charge in [-0.2, -0.15) is 0 Å². The van der Waals surface area contributed by atoms with Crippen molar-refractivity contribution in [1.29, 1.82) is 0 Å². The highest BCUT2D eigenvalue weighted by molar-refractivity contribution is 6.06. The molecule has 0 saturated carbocycles. The molecule has 5 nitrogen and oxygen atoms in total. The minimum absolute atomic E-state index is 0.207. The molecule has 0 aliphatic heterocycles. The van der Waals surface area contributed by atoms with Crippen LogP contribution in [0.1, 0.15) is 10.5 Å². The number of halogens is 1. The largest absolute Gasteiger partial charge is 0.354 e. The van der Waals surface area contributed by atoms with Crippen molar-refractivity contribution < 1.29 is 9.18 Å². The molecule has 1 aromatic heterocycles. The van der Waals surface area contributed by atoms with Crippen LogP contribution in [0.5, 0.6) is 0 Å². The normalized spacial score (nSPS) is 10.7. The summed E-state index contributed by atoms with van der Waals surface area (Å²) in [6.45, 7) is 0. The minimum Gasteiger partial charge on any atom is -0.354 e. The lowest BCUT2D eigenvalue weighted by Gasteiger charge is -2.15. The second kappa shape index (κ2) is 7.59. The predicted octanol–water partition coefficient (Wildman–Crippen LogP) is 4.67. The van der Waals surface area contributed by atoms with Crippen molar-refractivity contribution in [1.82, 2.24) is 4.57 Å². The van der Waals surface area contributed by atoms with Crippen LogP contribution in [0.3, 0.4) is 0 Å². The number of fused-ring (bicyclic) bond motifs is 1. The standard InChI is InChI=1S/C23H18FN3O2/c1-27-20-9-5-2-6-17(20)22(28)14-21(27)23(29)26-19-8-4-3-7-18(19)25-16-12-10-15(24)11-13-16/h2-14,25H,1H3,(H,26,29). The van der Waals surface area contributed by atoms with Gasteiger partial charge in [0.2, 0.25) is 0 Å². The number of amides is 1. The number of pyridine rings is 1. The Bertz CT molecular complexity index is 1260. The SMILES string of the molecule is Cn1c(C(=O)Nc2ccccc2Nc2ccc(F)cc2)cc(=O)c2ccccc21. The lowest BCUT2D eigenvalue weighted by molar-refractivity contribution is 0.101. The van der Waals surface area contributed by atoms with Gasteiger partial charge in [0.1, 0.15) is 11.5 Å². The number of hydrogen-bond donors (Lipinski definition) is 2. The van der Waals surface area contributed by atoms with E-state index in [0.29, 0.717) is 28.0 Å². The maximum Gasteiger partial charge on any atom is 0.272 e. The van der Waals surface area contributed by atoms with Crippen molar-refractivity contribution >= 4 is 33.9 Å². The fourth-order valence-electron chi connectivity index (χ4n) is 3.20. The van der Waals surface area contributed by atoms with Crippen molar-refractivity contribution in [2.75, 3.05) is 10.6 Å². The number of nitrogens with one attached hydrogen (secondary N) is 2. The molecule has 2 N–H and O–H groups in total. The maximum absolute atomic E-state index is 13.1. The molecule has 3 aromatic carbocycles. The van der Waals surface area contributed by atoms with Gasteiger partial charge in [0.15, 0.2) is 5.43 Å². The number of benzene rings is 3. The first-order valence-electron chi connectivity index (χ1n) is 9.05. The fraction of sp³-hybridized carbons (Fsp3) is 0.0435. The van der Waals surface area contributed by atoms with Gasteiger partial charge in [0.25, 0.3) is 5.91 Å². The molecule has 144 valence electrons. The van der Waals surface area contributed by atoms with Gasteiger partial charge < -0.3 is 15.2 Å². The monoisotopic (exact) mass is 387 g/mol. The predicted molar refractivity (Wildman–Crippen MR) is 113 cm³/mol. The lowest BCUT2D eigenvalue weighted by atomic mass is 10.1. The molecule has 0 bridgehead atoms. The zero-order valence-corrected chi connectivity index (χ0v) is 15.6. The number of carbonyl (C=O) groups is 1. The summed E-state index contributed by atoms with van der Waals surface area (Å²) in [7, 11) is 1.75. The number of para-hydroxylation sites is 3. The zero-order valence-electron chi connectivity index (χ0n) is 15.6. The number of anilines is 3. The molecule has 0 saturated heterocycles. The highest BCUT2D eigenvalue weighted by Gasteiger charge is 2.15. The quantitative estimate of drug-likeness (QED) is 0.535. The lowest BCUT2D eigenvalue weighted by Crippen LogP contribution is -2.21. The van der Waals surface area contributed by atoms with E-state index in [1.54, 1.807) is 60.1 Å². The van der Waals surface area contributed by atoms with Crippen molar-refractivity contribution in [2.45, 2.75) is 0 Å². The van der Waals surface area contributed by atoms with Gasteiger partial charge in [-0.05, 0) is 48.5 Å². The van der Waals surface area contributed by atoms with E-state index in [1.165, 1.54) is 18.2 Å². The van der Waals surface area contributed by atoms with Crippen LogP contribution < -0.4 is 16.1 Å². The van der Waals surface area contributed by atoms with Gasteiger partial charge in [-0.1, -0.05) is 24.3 Å². The van der Waals surface area contributed by atoms with Crippen molar-refractivity contribution in [3.63, 3.8) is 0 Å². The van der Waals surface area contributed by atoms with E-state index < -0.39 is 5.91 Å². The topological polar surface area (TPSA) is 63.1 Å². The smallest absolute Gasteiger partial charge is 0.272 e. The molecule has 6 heteroatoms. The van der Waals surface area contributed by atoms with Gasteiger partial charge in [-0.25, -0.2) is 4.39 Å². The molecule has 0 spiro atoms. The second-order valence-corrected chi connectivity index (χ2v) is 6.60. The first-order valence-corrected chi connectivity index (χ1v) is 9.05. The van der Waals surface area contributed by atoms with Gasteiger partial charge in [0.05, 0.1) is 16.9 Å². The molecule has 0 unspecified atom stereocenters. The summed E-state index contributed by atoms with van der Waals surface area (Å²) < 4.78 is 14.8. The maximum atomic E-state index is 13.1. The zero-order chi connectivity index (χ0) is 20.4. The average Bonchev–Trinajstić information content (AvgIpc) is 2.73. The molecule has 0 radical (unpaired) electrons. The minimum atomic E-state index is -0.399. The molecule has 0 aliphatic rings. The third-order valence-electron chi connectivity index (χ3n) is 4.69. The van der Waals surface area contributed by atoms with E-state index in [0.717, 1.165) is 0 Å². The van der Waals surface area contributed by atoms with Gasteiger partial charge in [0, 0.05) is 24.2 Å². The Labute approximate surface area is 166 Å². The van der Waals surface area contributed by atoms with E-state index >= 15 is 0 Å². The van der Waals surface area contributed by atoms with Crippen LogP contribution in [0.15, 0.2) is 83.7 Å². The summed E-state index contributed by atoms with van der Waals surface area (Å²) in [5.41, 5.74) is 2.61. The molecule has 0 fully saturated rings. The third kappa shape index (κ3) is 3.73. The van der Waals surface area contributed by atoms with E-state index in [4.69, 9.17) is 0 Å². The Balaban J connectivity index is 1.66. The molecule has 0 aliphatic carbocycles. The Morgan fingerprint density at radius 3 is 2.31 bits per heavy atom. The van der Waals surface area contributed by atoms with Crippen LogP contribution in [0.2, 0.25) is 0 Å². The number of carbonyl (C=O) groups excluding carboxylic acids is 1. The Hall–Kier alpha value is -3.93. The Morgan fingerprint density at radius 2 is 1.55 bits per heavy atom. The van der Waals surface area contributed by atoms with Crippen LogP contribution >= 0.6 is 0 Å². The van der Waals surface area contributed by atoms with Crippen LogP contribution in [0.25, 0.3) is 10.9 Å². The van der Waals surface area contributed by atoms with E-state index in [-0.39, 0.29) is 16.9 Å². The molecular formula is C23H18FN3O2. The van der Waals surface area contributed by atoms with Crippen LogP contribution in [0.4, 0.5) is 21.5 Å². The first-order chi connectivity index (χ1) is 14.0. The second-order valence-electron chi connectivity index (χ2n) is 6.60. The molecule has 1 amide bonds. The van der Waals surface area contributed by atoms with Gasteiger partial charge in [-0.3, -0.25) is 9.59 Å². The number of aryl methyl sites for hydroxylation is 1. The molecule has 4 rings (SSSR count). The van der Waals surface area contributed by atoms with E-state index in [9.17, 15) is 14.0 Å². The molecule has 0 atom stereocenters. The van der Waals surface area contributed by atoms with Crippen molar-refractivity contribution in [2.24, 2.45) is 7.05 Å². The van der Waals surface area contributed by atoms with Crippen LogP contribution in [-0.4, -0.2) is 10.5 Å². The summed E-state index contributed by atoms with van der Waals surface area (Å²) in [6, 6.07) is 21.6. The summed E-state index contributed by atoms with van der Waals surface area (Å²) in [5.74, 6) is -0.724. The number of rotatable bonds is 4. The first kappa shape index (κ1) is 18.4. The highest BCUT2D eigenvalue weighted by atomic mass is 19.1. The van der Waals surface area contributed by atoms with Gasteiger partial charge >= 0.3 is 0 Å². The van der Waals surface area contributed by atoms with Crippen molar-refractivity contribution in [3.8, 4) is 0 Å². The average molecular weight is 387 g/mol. The number of aromatic nitrogens is 1. The van der Waals surface area contributed by atoms with Crippen molar-refractivity contribution in [3.05, 3.63) is 101 Å². The Morgan fingerprint density at radius 1 is 0.897 bits per heavy atom. The number of hydrogen-bond acceptors (Lipinski definition) is 3. The number of nitrogens with zero attached hydrogens (tertiary/aromatic N) is 1. The van der Waals surface area contributed by atoms with E-state index in [1.807, 2.05) is 12.1 Å². The van der Waals surface area contributed by atoms with E-state index in [2.05, 4.69) is 10.6 Å². The molecule has 29 heavy (non-hydrogen) atoms. The summed E-state index contributed by atoms with van der Waals surface area (Å²) >= 11 is 0. The molecule has 1 heterocycles. The fourth-order valence-corrected chi connectivity index (χ4v) is 3.20. The summed E-state index contributed by atoms with van der Waals surface area (Å²) in [4.78, 5) is 25.3. The third-order valence-corrected chi connectivity index (χ3v) is 4.69. The summed E-state index contributed by atoms with van der Waals surface area (Å²) in [6.07, 6.45) is 0. The van der Waals surface area contributed by atoms with Crippen LogP contribution in [0, 0.1) is 5.82 Å². The molecular weight excluding hydrogens is 369 g/mol. The van der Waals surface area contributed by atoms with Gasteiger partial charge in [-0.15, -0.1) is 0 Å². The highest BCUT2D eigenvalue weighted by Crippen LogP contribution is 2.26. The molecule has 4 aromatic rings.